The summed E-state index contributed by atoms with van der Waals surface area (Å²) >= 11 is 0. The highest BCUT2D eigenvalue weighted by atomic mass is 19.3. The third-order valence-corrected chi connectivity index (χ3v) is 2.24. The molecule has 3 nitrogen and oxygen atoms in total. The van der Waals surface area contributed by atoms with Crippen molar-refractivity contribution in [1.29, 1.82) is 0 Å². The quantitative estimate of drug-likeness (QED) is 0.553. The topological polar surface area (TPSA) is 41.6 Å². The first-order valence-electron chi connectivity index (χ1n) is 4.87. The molecule has 2 N–H and O–H groups in total. The van der Waals surface area contributed by atoms with Crippen LogP contribution in [0.15, 0.2) is 5.21 Å². The van der Waals surface area contributed by atoms with Gasteiger partial charge in [0.05, 0.1) is 0 Å². The standard InChI is InChI=1S/C9H18F3N3/c1-4-5-15(3)6-7(2)9(10,11)8(13)14-12/h7H,4-6H2,1-3H3,(H2,13,14). The molecule has 0 saturated carbocycles. The van der Waals surface area contributed by atoms with E-state index in [9.17, 15) is 13.3 Å². The van der Waals surface area contributed by atoms with E-state index in [0.29, 0.717) is 6.54 Å². The maximum Gasteiger partial charge on any atom is 0.310 e. The van der Waals surface area contributed by atoms with Crippen molar-refractivity contribution in [2.24, 2.45) is 16.9 Å². The van der Waals surface area contributed by atoms with E-state index in [4.69, 9.17) is 5.73 Å². The Labute approximate surface area is 88.1 Å². The lowest BCUT2D eigenvalue weighted by molar-refractivity contribution is 0.00451. The highest BCUT2D eigenvalue weighted by molar-refractivity contribution is 5.87. The van der Waals surface area contributed by atoms with Gasteiger partial charge in [-0.05, 0) is 20.0 Å². The van der Waals surface area contributed by atoms with Gasteiger partial charge >= 0.3 is 5.92 Å². The monoisotopic (exact) mass is 225 g/mol. The second-order valence-corrected chi connectivity index (χ2v) is 3.76. The number of hydrogen-bond acceptors (Lipinski definition) is 2. The predicted octanol–water partition coefficient (Wildman–Crippen LogP) is 1.84. The van der Waals surface area contributed by atoms with Crippen LogP contribution in [0.5, 0.6) is 0 Å². The summed E-state index contributed by atoms with van der Waals surface area (Å²) in [6.45, 7) is 4.14. The zero-order chi connectivity index (χ0) is 12.1. The number of nitrogens with two attached hydrogens (primary N) is 1. The molecule has 15 heavy (non-hydrogen) atoms. The van der Waals surface area contributed by atoms with Crippen molar-refractivity contribution < 1.29 is 13.3 Å². The Morgan fingerprint density at radius 2 is 2.07 bits per heavy atom. The zero-order valence-corrected chi connectivity index (χ0v) is 9.30. The van der Waals surface area contributed by atoms with Crippen LogP contribution in [0.3, 0.4) is 0 Å². The molecule has 0 spiro atoms. The van der Waals surface area contributed by atoms with Crippen LogP contribution in [0.25, 0.3) is 0 Å². The zero-order valence-electron chi connectivity index (χ0n) is 9.30. The molecule has 0 rings (SSSR count). The third kappa shape index (κ3) is 4.07. The van der Waals surface area contributed by atoms with Gasteiger partial charge in [-0.3, -0.25) is 0 Å². The van der Waals surface area contributed by atoms with Crippen LogP contribution in [0.1, 0.15) is 20.3 Å². The molecule has 0 saturated heterocycles. The molecule has 0 aromatic heterocycles. The van der Waals surface area contributed by atoms with E-state index < -0.39 is 17.7 Å². The molecule has 6 heteroatoms. The van der Waals surface area contributed by atoms with Crippen LogP contribution in [0, 0.1) is 5.92 Å². The van der Waals surface area contributed by atoms with E-state index >= 15 is 0 Å². The second-order valence-electron chi connectivity index (χ2n) is 3.76. The summed E-state index contributed by atoms with van der Waals surface area (Å²) in [7, 11) is 1.73. The second kappa shape index (κ2) is 5.95. The van der Waals surface area contributed by atoms with Crippen molar-refractivity contribution in [2.45, 2.75) is 26.2 Å². The molecule has 0 heterocycles. The smallest absolute Gasteiger partial charge is 0.310 e. The van der Waals surface area contributed by atoms with E-state index in [0.717, 1.165) is 6.42 Å². The minimum atomic E-state index is -3.39. The van der Waals surface area contributed by atoms with Crippen LogP contribution >= 0.6 is 0 Å². The van der Waals surface area contributed by atoms with E-state index in [-0.39, 0.29) is 6.54 Å². The fourth-order valence-corrected chi connectivity index (χ4v) is 1.36. The van der Waals surface area contributed by atoms with Gasteiger partial charge in [-0.2, -0.15) is 8.78 Å². The Morgan fingerprint density at radius 3 is 2.47 bits per heavy atom. The average molecular weight is 225 g/mol. The van der Waals surface area contributed by atoms with Gasteiger partial charge in [0.2, 0.25) is 5.84 Å². The molecule has 0 aliphatic heterocycles. The summed E-state index contributed by atoms with van der Waals surface area (Å²) in [5.74, 6) is -5.70. The van der Waals surface area contributed by atoms with Gasteiger partial charge in [-0.25, -0.2) is 0 Å². The van der Waals surface area contributed by atoms with Gasteiger partial charge < -0.3 is 10.6 Å². The summed E-state index contributed by atoms with van der Waals surface area (Å²) in [4.78, 5) is 1.75. The molecule has 1 unspecified atom stereocenters. The Kier molecular flexibility index (Phi) is 5.64. The third-order valence-electron chi connectivity index (χ3n) is 2.24. The number of nitrogens with zero attached hydrogens (tertiary/aromatic N) is 2. The van der Waals surface area contributed by atoms with E-state index in [1.165, 1.54) is 6.92 Å². The van der Waals surface area contributed by atoms with Gasteiger partial charge in [0.1, 0.15) is 0 Å². The van der Waals surface area contributed by atoms with E-state index in [1.54, 1.807) is 11.9 Å². The molecule has 0 aromatic carbocycles. The van der Waals surface area contributed by atoms with Crippen LogP contribution < -0.4 is 5.73 Å². The maximum absolute atomic E-state index is 13.3. The Balaban J connectivity index is 4.37. The van der Waals surface area contributed by atoms with Crippen LogP contribution in [-0.2, 0) is 0 Å². The number of halogens is 3. The van der Waals surface area contributed by atoms with Crippen molar-refractivity contribution >= 4 is 5.84 Å². The molecule has 0 bridgehead atoms. The first kappa shape index (κ1) is 14.2. The van der Waals surface area contributed by atoms with Crippen molar-refractivity contribution in [3.63, 3.8) is 0 Å². The summed E-state index contributed by atoms with van der Waals surface area (Å²) in [5.41, 5.74) is 4.81. The number of rotatable bonds is 6. The molecular formula is C9H18F3N3. The lowest BCUT2D eigenvalue weighted by Gasteiger charge is -2.26. The number of amidine groups is 1. The van der Waals surface area contributed by atoms with Crippen LogP contribution in [0.4, 0.5) is 13.3 Å². The summed E-state index contributed by atoms with van der Waals surface area (Å²) < 4.78 is 38.3. The van der Waals surface area contributed by atoms with Gasteiger partial charge in [0.15, 0.2) is 0 Å². The normalized spacial score (nSPS) is 15.8. The van der Waals surface area contributed by atoms with Crippen LogP contribution in [-0.4, -0.2) is 36.8 Å². The Morgan fingerprint density at radius 1 is 1.53 bits per heavy atom. The summed E-state index contributed by atoms with van der Waals surface area (Å²) in [6.07, 6.45) is 0.876. The molecule has 0 aliphatic rings. The summed E-state index contributed by atoms with van der Waals surface area (Å²) in [5, 5.41) is 1.86. The molecule has 0 aliphatic carbocycles. The van der Waals surface area contributed by atoms with Crippen molar-refractivity contribution in [2.75, 3.05) is 20.1 Å². The highest BCUT2D eigenvalue weighted by Gasteiger charge is 2.41. The molecular weight excluding hydrogens is 207 g/mol. The van der Waals surface area contributed by atoms with E-state index in [1.807, 2.05) is 12.1 Å². The van der Waals surface area contributed by atoms with E-state index in [2.05, 4.69) is 0 Å². The largest absolute Gasteiger partial charge is 0.380 e. The van der Waals surface area contributed by atoms with Gasteiger partial charge in [-0.15, -0.1) is 0 Å². The van der Waals surface area contributed by atoms with Crippen molar-refractivity contribution in [3.05, 3.63) is 0 Å². The Bertz CT molecular complexity index is 219. The SMILES string of the molecule is CCCN(C)CC(C)C(F)(F)/C(N)=N/F. The first-order chi connectivity index (χ1) is 6.86. The fourth-order valence-electron chi connectivity index (χ4n) is 1.36. The Hall–Kier alpha value is -0.780. The average Bonchev–Trinajstić information content (AvgIpc) is 2.16. The molecule has 90 valence electrons. The van der Waals surface area contributed by atoms with Gasteiger partial charge in [-0.1, -0.05) is 23.5 Å². The first-order valence-corrected chi connectivity index (χ1v) is 4.87. The lowest BCUT2D eigenvalue weighted by Crippen LogP contribution is -2.45. The molecule has 0 amide bonds. The predicted molar refractivity (Wildman–Crippen MR) is 54.6 cm³/mol. The highest BCUT2D eigenvalue weighted by Crippen LogP contribution is 2.25. The van der Waals surface area contributed by atoms with Gasteiger partial charge in [0.25, 0.3) is 0 Å². The molecule has 1 atom stereocenters. The minimum Gasteiger partial charge on any atom is -0.380 e. The molecule has 0 fully saturated rings. The lowest BCUT2D eigenvalue weighted by atomic mass is 10.0. The molecule has 0 aromatic rings. The summed E-state index contributed by atoms with van der Waals surface area (Å²) in [6, 6.07) is 0. The minimum absolute atomic E-state index is 0.150. The maximum atomic E-state index is 13.3. The number of hydrogen-bond donors (Lipinski definition) is 1. The van der Waals surface area contributed by atoms with Crippen molar-refractivity contribution in [1.82, 2.24) is 4.90 Å². The number of alkyl halides is 2. The fraction of sp³-hybridized carbons (Fsp3) is 0.889. The van der Waals surface area contributed by atoms with Crippen LogP contribution in [0.2, 0.25) is 0 Å². The molecule has 0 radical (unpaired) electrons. The van der Waals surface area contributed by atoms with Gasteiger partial charge in [0, 0.05) is 12.5 Å². The van der Waals surface area contributed by atoms with Crippen molar-refractivity contribution in [3.8, 4) is 0 Å².